The molecule has 3 atom stereocenters. The minimum absolute atomic E-state index is 0.00447. The van der Waals surface area contributed by atoms with Gasteiger partial charge < -0.3 is 19.2 Å². The molecule has 1 aromatic heterocycles. The number of carbonyl (C=O) groups excluding carboxylic acids is 2. The lowest BCUT2D eigenvalue weighted by Gasteiger charge is -2.19. The predicted molar refractivity (Wildman–Crippen MR) is 122 cm³/mol. The molecule has 3 aromatic rings. The second-order valence-electron chi connectivity index (χ2n) is 7.41. The first-order valence-corrected chi connectivity index (χ1v) is 10.9. The number of benzene rings is 2. The van der Waals surface area contributed by atoms with Crippen molar-refractivity contribution in [2.45, 2.75) is 24.9 Å². The maximum Gasteiger partial charge on any atom is 0.338 e. The molecule has 1 N–H and O–H groups in total. The van der Waals surface area contributed by atoms with Crippen LogP contribution in [0, 0.1) is 0 Å². The molecule has 2 unspecified atom stereocenters. The fraction of sp³-hybridized carbons (Fsp3) is 0.217. The molecule has 0 aliphatic carbocycles. The van der Waals surface area contributed by atoms with Crippen LogP contribution < -0.4 is 11.2 Å². The molecular formula is C23H18Cl2N2O7. The van der Waals surface area contributed by atoms with Gasteiger partial charge in [-0.1, -0.05) is 23.2 Å². The number of ether oxygens (including phenoxy) is 3. The smallest absolute Gasteiger partial charge is 0.338 e. The highest BCUT2D eigenvalue weighted by molar-refractivity contribution is 6.31. The minimum Gasteiger partial charge on any atom is -0.459 e. The van der Waals surface area contributed by atoms with Crippen LogP contribution in [0.5, 0.6) is 0 Å². The molecule has 0 spiro atoms. The van der Waals surface area contributed by atoms with Crippen LogP contribution in [0.2, 0.25) is 10.0 Å². The van der Waals surface area contributed by atoms with Crippen LogP contribution in [0.3, 0.4) is 0 Å². The number of hydrogen-bond acceptors (Lipinski definition) is 7. The molecule has 1 saturated heterocycles. The van der Waals surface area contributed by atoms with E-state index in [-0.39, 0.29) is 24.2 Å². The molecule has 1 fully saturated rings. The van der Waals surface area contributed by atoms with Crippen molar-refractivity contribution in [1.29, 1.82) is 0 Å². The number of nitrogens with zero attached hydrogens (tertiary/aromatic N) is 1. The van der Waals surface area contributed by atoms with E-state index >= 15 is 0 Å². The number of rotatable bonds is 6. The Morgan fingerprint density at radius 1 is 0.941 bits per heavy atom. The molecule has 4 rings (SSSR count). The summed E-state index contributed by atoms with van der Waals surface area (Å²) in [4.78, 5) is 51.9. The summed E-state index contributed by atoms with van der Waals surface area (Å²) in [5, 5.41) is 0.918. The summed E-state index contributed by atoms with van der Waals surface area (Å²) in [7, 11) is 0. The minimum atomic E-state index is -1.03. The lowest BCUT2D eigenvalue weighted by Crippen LogP contribution is -2.37. The summed E-state index contributed by atoms with van der Waals surface area (Å²) >= 11 is 11.7. The Morgan fingerprint density at radius 2 is 1.53 bits per heavy atom. The van der Waals surface area contributed by atoms with Crippen LogP contribution in [-0.2, 0) is 14.2 Å². The van der Waals surface area contributed by atoms with Gasteiger partial charge in [0, 0.05) is 28.7 Å². The van der Waals surface area contributed by atoms with Crippen molar-refractivity contribution in [3.63, 3.8) is 0 Å². The quantitative estimate of drug-likeness (QED) is 0.512. The number of esters is 2. The normalized spacial score (nSPS) is 19.5. The van der Waals surface area contributed by atoms with E-state index in [9.17, 15) is 19.2 Å². The van der Waals surface area contributed by atoms with Crippen LogP contribution in [0.25, 0.3) is 0 Å². The topological polar surface area (TPSA) is 117 Å². The van der Waals surface area contributed by atoms with Crippen molar-refractivity contribution in [2.75, 3.05) is 6.61 Å². The van der Waals surface area contributed by atoms with Crippen molar-refractivity contribution >= 4 is 35.1 Å². The van der Waals surface area contributed by atoms with E-state index in [1.807, 2.05) is 0 Å². The molecule has 0 saturated carbocycles. The monoisotopic (exact) mass is 504 g/mol. The van der Waals surface area contributed by atoms with Gasteiger partial charge in [0.05, 0.1) is 11.1 Å². The van der Waals surface area contributed by atoms with Crippen LogP contribution >= 0.6 is 23.2 Å². The molecule has 1 aliphatic rings. The van der Waals surface area contributed by atoms with Gasteiger partial charge in [-0.2, -0.15) is 0 Å². The fourth-order valence-corrected chi connectivity index (χ4v) is 3.71. The molecule has 2 heterocycles. The van der Waals surface area contributed by atoms with Crippen LogP contribution in [0.4, 0.5) is 0 Å². The number of aromatic nitrogens is 2. The number of halogens is 2. The van der Waals surface area contributed by atoms with Gasteiger partial charge in [0.1, 0.15) is 25.0 Å². The molecular weight excluding hydrogens is 487 g/mol. The molecule has 9 nitrogen and oxygen atoms in total. The highest BCUT2D eigenvalue weighted by Gasteiger charge is 2.41. The zero-order chi connectivity index (χ0) is 24.2. The first-order chi connectivity index (χ1) is 16.3. The lowest BCUT2D eigenvalue weighted by atomic mass is 10.1. The van der Waals surface area contributed by atoms with Crippen molar-refractivity contribution in [3.8, 4) is 0 Å². The Morgan fingerprint density at radius 3 is 2.12 bits per heavy atom. The number of aromatic amines is 1. The zero-order valence-corrected chi connectivity index (χ0v) is 19.0. The number of H-pyrrole nitrogens is 1. The molecule has 0 bridgehead atoms. The Kier molecular flexibility index (Phi) is 7.16. The molecule has 11 heteroatoms. The molecule has 34 heavy (non-hydrogen) atoms. The lowest BCUT2D eigenvalue weighted by molar-refractivity contribution is -0.0589. The van der Waals surface area contributed by atoms with Crippen molar-refractivity contribution in [2.24, 2.45) is 0 Å². The Bertz CT molecular complexity index is 1270. The van der Waals surface area contributed by atoms with Gasteiger partial charge in [-0.05, 0) is 48.5 Å². The highest BCUT2D eigenvalue weighted by Crippen LogP contribution is 2.30. The summed E-state index contributed by atoms with van der Waals surface area (Å²) < 4.78 is 17.6. The highest BCUT2D eigenvalue weighted by atomic mass is 35.5. The average Bonchev–Trinajstić information content (AvgIpc) is 3.20. The van der Waals surface area contributed by atoms with Crippen molar-refractivity contribution in [3.05, 3.63) is 103 Å². The maximum atomic E-state index is 12.6. The third-order valence-corrected chi connectivity index (χ3v) is 5.66. The summed E-state index contributed by atoms with van der Waals surface area (Å²) in [6.07, 6.45) is -1.64. The number of carbonyl (C=O) groups is 2. The largest absolute Gasteiger partial charge is 0.459 e. The third kappa shape index (κ3) is 5.39. The van der Waals surface area contributed by atoms with Gasteiger partial charge in [0.2, 0.25) is 0 Å². The summed E-state index contributed by atoms with van der Waals surface area (Å²) in [6.45, 7) is -0.282. The van der Waals surface area contributed by atoms with E-state index in [0.717, 1.165) is 4.57 Å². The van der Waals surface area contributed by atoms with Gasteiger partial charge in [-0.25, -0.2) is 19.0 Å². The summed E-state index contributed by atoms with van der Waals surface area (Å²) in [5.74, 6) is -1.30. The van der Waals surface area contributed by atoms with E-state index in [4.69, 9.17) is 37.4 Å². The third-order valence-electron chi connectivity index (χ3n) is 5.15. The van der Waals surface area contributed by atoms with E-state index in [1.165, 1.54) is 36.5 Å². The van der Waals surface area contributed by atoms with Gasteiger partial charge in [0.25, 0.3) is 5.56 Å². The van der Waals surface area contributed by atoms with Crippen LogP contribution in [0.15, 0.2) is 70.4 Å². The Hall–Kier alpha value is -3.40. The van der Waals surface area contributed by atoms with Gasteiger partial charge in [-0.15, -0.1) is 0 Å². The standard InChI is InChI=1S/C23H18Cl2N2O7/c24-15-5-1-13(2-6-15)21(29)32-12-18-17(34-22(30)14-3-7-16(25)8-4-14)11-20(33-18)27-19(28)9-10-26-23(27)31/h1-10,17-18,20H,11-12H2,(H,26,31)/t17?,18?,20-/m0/s1. The summed E-state index contributed by atoms with van der Waals surface area (Å²) in [5.41, 5.74) is -0.752. The molecule has 0 radical (unpaired) electrons. The molecule has 1 aliphatic heterocycles. The fourth-order valence-electron chi connectivity index (χ4n) is 3.46. The number of hydrogen-bond donors (Lipinski definition) is 1. The second-order valence-corrected chi connectivity index (χ2v) is 8.28. The average molecular weight is 505 g/mol. The SMILES string of the molecule is O=C(OCC1O[C@H](n2c(=O)cc[nH]c2=O)CC1OC(=O)c1ccc(Cl)cc1)c1ccc(Cl)cc1. The van der Waals surface area contributed by atoms with Crippen molar-refractivity contribution in [1.82, 2.24) is 9.55 Å². The second kappa shape index (κ2) is 10.3. The maximum absolute atomic E-state index is 12.6. The predicted octanol–water partition coefficient (Wildman–Crippen LogP) is 3.21. The van der Waals surface area contributed by atoms with Crippen LogP contribution in [0.1, 0.15) is 33.4 Å². The van der Waals surface area contributed by atoms with E-state index < -0.39 is 41.6 Å². The van der Waals surface area contributed by atoms with Crippen molar-refractivity contribution < 1.29 is 23.8 Å². The van der Waals surface area contributed by atoms with E-state index in [0.29, 0.717) is 10.0 Å². The zero-order valence-electron chi connectivity index (χ0n) is 17.5. The van der Waals surface area contributed by atoms with Gasteiger partial charge in [0.15, 0.2) is 0 Å². The van der Waals surface area contributed by atoms with Gasteiger partial charge in [-0.3, -0.25) is 4.79 Å². The van der Waals surface area contributed by atoms with Gasteiger partial charge >= 0.3 is 17.6 Å². The van der Waals surface area contributed by atoms with E-state index in [1.54, 1.807) is 24.3 Å². The first-order valence-electron chi connectivity index (χ1n) is 10.2. The van der Waals surface area contributed by atoms with Crippen LogP contribution in [-0.4, -0.2) is 40.3 Å². The Balaban J connectivity index is 1.52. The molecule has 176 valence electrons. The Labute approximate surface area is 202 Å². The molecule has 2 aromatic carbocycles. The summed E-state index contributed by atoms with van der Waals surface area (Å²) in [6, 6.07) is 13.4. The first kappa shape index (κ1) is 23.7. The molecule has 0 amide bonds. The van der Waals surface area contributed by atoms with E-state index in [2.05, 4.69) is 4.98 Å². The number of nitrogens with one attached hydrogen (secondary N) is 1.